The summed E-state index contributed by atoms with van der Waals surface area (Å²) in [4.78, 5) is 32.9. The maximum atomic E-state index is 12.6. The van der Waals surface area contributed by atoms with Crippen LogP contribution in [0.15, 0.2) is 34.5 Å². The van der Waals surface area contributed by atoms with Crippen LogP contribution in [0.2, 0.25) is 0 Å². The third kappa shape index (κ3) is 2.70. The van der Waals surface area contributed by atoms with Crippen LogP contribution in [0.3, 0.4) is 0 Å². The molecule has 0 bridgehead atoms. The van der Waals surface area contributed by atoms with Crippen LogP contribution >= 0.6 is 0 Å². The topological polar surface area (TPSA) is 86.7 Å². The number of rotatable bonds is 5. The minimum absolute atomic E-state index is 0.332. The molecular weight excluding hydrogens is 308 g/mol. The molecule has 24 heavy (non-hydrogen) atoms. The summed E-state index contributed by atoms with van der Waals surface area (Å²) >= 11 is 0. The molecule has 0 aliphatic carbocycles. The average molecular weight is 328 g/mol. The number of nitrogens with zero attached hydrogens (tertiary/aromatic N) is 5. The minimum atomic E-state index is -0.380. The predicted molar refractivity (Wildman–Crippen MR) is 92.3 cm³/mol. The number of anilines is 1. The first-order valence-electron chi connectivity index (χ1n) is 7.75. The van der Waals surface area contributed by atoms with E-state index in [1.165, 1.54) is 11.6 Å². The Kier molecular flexibility index (Phi) is 4.20. The largest absolute Gasteiger partial charge is 0.384 e. The SMILES string of the molecule is Cc1cnc2c(c1NCCCn1ccnc1)c(=O)n(C)c(=O)n2C. The lowest BCUT2D eigenvalue weighted by molar-refractivity contribution is 0.660. The van der Waals surface area contributed by atoms with Crippen molar-refractivity contribution in [2.45, 2.75) is 19.9 Å². The smallest absolute Gasteiger partial charge is 0.332 e. The van der Waals surface area contributed by atoms with Gasteiger partial charge in [0.15, 0.2) is 5.65 Å². The molecule has 3 heterocycles. The van der Waals surface area contributed by atoms with E-state index in [1.54, 1.807) is 25.8 Å². The second-order valence-electron chi connectivity index (χ2n) is 5.80. The molecule has 0 saturated heterocycles. The number of hydrogen-bond acceptors (Lipinski definition) is 5. The summed E-state index contributed by atoms with van der Waals surface area (Å²) in [6.45, 7) is 3.44. The monoisotopic (exact) mass is 328 g/mol. The molecule has 0 spiro atoms. The van der Waals surface area contributed by atoms with Gasteiger partial charge in [0, 0.05) is 45.8 Å². The molecular formula is C16H20N6O2. The molecule has 3 aromatic heterocycles. The van der Waals surface area contributed by atoms with E-state index in [1.807, 2.05) is 17.7 Å². The molecule has 0 unspecified atom stereocenters. The van der Waals surface area contributed by atoms with E-state index in [-0.39, 0.29) is 11.2 Å². The maximum absolute atomic E-state index is 12.6. The molecule has 0 aromatic carbocycles. The molecule has 0 aliphatic rings. The van der Waals surface area contributed by atoms with Crippen molar-refractivity contribution in [2.75, 3.05) is 11.9 Å². The lowest BCUT2D eigenvalue weighted by Crippen LogP contribution is -2.37. The van der Waals surface area contributed by atoms with Gasteiger partial charge >= 0.3 is 5.69 Å². The van der Waals surface area contributed by atoms with Gasteiger partial charge in [-0.15, -0.1) is 0 Å². The summed E-state index contributed by atoms with van der Waals surface area (Å²) in [5.74, 6) is 0. The van der Waals surface area contributed by atoms with E-state index >= 15 is 0 Å². The molecule has 0 amide bonds. The Morgan fingerprint density at radius 2 is 2.00 bits per heavy atom. The first kappa shape index (κ1) is 16.0. The standard InChI is InChI=1S/C16H20N6O2/c1-11-9-19-14-12(15(23)21(3)16(24)20(14)2)13(11)18-5-4-7-22-8-6-17-10-22/h6,8-10H,4-5,7H2,1-3H3,(H,18,19). The average Bonchev–Trinajstić information content (AvgIpc) is 3.09. The van der Waals surface area contributed by atoms with Crippen molar-refractivity contribution >= 4 is 16.7 Å². The number of imidazole rings is 1. The summed E-state index contributed by atoms with van der Waals surface area (Å²) < 4.78 is 4.51. The van der Waals surface area contributed by atoms with Gasteiger partial charge in [0.25, 0.3) is 5.56 Å². The highest BCUT2D eigenvalue weighted by Gasteiger charge is 2.15. The van der Waals surface area contributed by atoms with Gasteiger partial charge in [0.1, 0.15) is 5.39 Å². The van der Waals surface area contributed by atoms with Gasteiger partial charge in [-0.2, -0.15) is 0 Å². The van der Waals surface area contributed by atoms with E-state index in [0.717, 1.165) is 28.8 Å². The predicted octanol–water partition coefficient (Wildman–Crippen LogP) is 0.639. The maximum Gasteiger partial charge on any atom is 0.332 e. The van der Waals surface area contributed by atoms with E-state index in [4.69, 9.17) is 0 Å². The van der Waals surface area contributed by atoms with Crippen LogP contribution in [-0.2, 0) is 20.6 Å². The Balaban J connectivity index is 1.93. The van der Waals surface area contributed by atoms with Crippen LogP contribution in [0.5, 0.6) is 0 Å². The Morgan fingerprint density at radius 3 is 2.71 bits per heavy atom. The van der Waals surface area contributed by atoms with Gasteiger partial charge in [-0.3, -0.25) is 13.9 Å². The van der Waals surface area contributed by atoms with Crippen LogP contribution in [0.4, 0.5) is 5.69 Å². The lowest BCUT2D eigenvalue weighted by atomic mass is 10.2. The Hall–Kier alpha value is -2.90. The first-order valence-corrected chi connectivity index (χ1v) is 7.75. The normalized spacial score (nSPS) is 11.1. The second-order valence-corrected chi connectivity index (χ2v) is 5.80. The Morgan fingerprint density at radius 1 is 1.21 bits per heavy atom. The molecule has 1 N–H and O–H groups in total. The van der Waals surface area contributed by atoms with Gasteiger partial charge in [0.2, 0.25) is 0 Å². The fourth-order valence-electron chi connectivity index (χ4n) is 2.74. The second kappa shape index (κ2) is 6.31. The zero-order chi connectivity index (χ0) is 17.3. The van der Waals surface area contributed by atoms with Crippen LogP contribution in [0.25, 0.3) is 11.0 Å². The molecule has 8 nitrogen and oxygen atoms in total. The van der Waals surface area contributed by atoms with E-state index in [9.17, 15) is 9.59 Å². The molecule has 0 saturated carbocycles. The van der Waals surface area contributed by atoms with Crippen LogP contribution in [-0.4, -0.2) is 30.2 Å². The summed E-state index contributed by atoms with van der Waals surface area (Å²) in [5.41, 5.74) is 1.30. The lowest BCUT2D eigenvalue weighted by Gasteiger charge is -2.14. The number of aromatic nitrogens is 5. The first-order chi connectivity index (χ1) is 11.5. The summed E-state index contributed by atoms with van der Waals surface area (Å²) in [6, 6.07) is 0. The highest BCUT2D eigenvalue weighted by atomic mass is 16.2. The van der Waals surface area contributed by atoms with E-state index in [2.05, 4.69) is 15.3 Å². The third-order valence-electron chi connectivity index (χ3n) is 4.11. The fourth-order valence-corrected chi connectivity index (χ4v) is 2.74. The summed E-state index contributed by atoms with van der Waals surface area (Å²) in [7, 11) is 3.10. The molecule has 8 heteroatoms. The van der Waals surface area contributed by atoms with Crippen LogP contribution in [0.1, 0.15) is 12.0 Å². The quantitative estimate of drug-likeness (QED) is 0.695. The van der Waals surface area contributed by atoms with Crippen molar-refractivity contribution in [3.63, 3.8) is 0 Å². The number of nitrogens with one attached hydrogen (secondary N) is 1. The van der Waals surface area contributed by atoms with Crippen molar-refractivity contribution in [2.24, 2.45) is 14.1 Å². The van der Waals surface area contributed by atoms with Gasteiger partial charge in [0.05, 0.1) is 12.0 Å². The Labute approximate surface area is 138 Å². The zero-order valence-electron chi connectivity index (χ0n) is 14.0. The highest BCUT2D eigenvalue weighted by molar-refractivity contribution is 5.89. The van der Waals surface area contributed by atoms with Gasteiger partial charge in [-0.1, -0.05) is 0 Å². The zero-order valence-corrected chi connectivity index (χ0v) is 14.0. The molecule has 3 rings (SSSR count). The van der Waals surface area contributed by atoms with Crippen molar-refractivity contribution in [3.05, 3.63) is 51.3 Å². The molecule has 0 fully saturated rings. The number of pyridine rings is 1. The van der Waals surface area contributed by atoms with E-state index < -0.39 is 0 Å². The van der Waals surface area contributed by atoms with Gasteiger partial charge < -0.3 is 9.88 Å². The van der Waals surface area contributed by atoms with Gasteiger partial charge in [-0.05, 0) is 18.9 Å². The van der Waals surface area contributed by atoms with Crippen LogP contribution in [0, 0.1) is 6.92 Å². The Bertz CT molecular complexity index is 984. The van der Waals surface area contributed by atoms with E-state index in [0.29, 0.717) is 17.6 Å². The molecule has 0 atom stereocenters. The van der Waals surface area contributed by atoms with Crippen molar-refractivity contribution in [3.8, 4) is 0 Å². The fraction of sp³-hybridized carbons (Fsp3) is 0.375. The third-order valence-corrected chi connectivity index (χ3v) is 4.11. The molecule has 3 aromatic rings. The summed E-state index contributed by atoms with van der Waals surface area (Å²) in [5, 5.41) is 3.78. The summed E-state index contributed by atoms with van der Waals surface area (Å²) in [6.07, 6.45) is 8.00. The van der Waals surface area contributed by atoms with Gasteiger partial charge in [-0.25, -0.2) is 14.8 Å². The van der Waals surface area contributed by atoms with Crippen molar-refractivity contribution in [1.29, 1.82) is 0 Å². The number of fused-ring (bicyclic) bond motifs is 1. The number of aryl methyl sites for hydroxylation is 3. The number of hydrogen-bond donors (Lipinski definition) is 1. The minimum Gasteiger partial charge on any atom is -0.384 e. The molecule has 0 radical (unpaired) electrons. The molecule has 0 aliphatic heterocycles. The highest BCUT2D eigenvalue weighted by Crippen LogP contribution is 2.21. The molecule has 126 valence electrons. The van der Waals surface area contributed by atoms with Crippen LogP contribution < -0.4 is 16.6 Å². The van der Waals surface area contributed by atoms with Crippen molar-refractivity contribution < 1.29 is 0 Å². The van der Waals surface area contributed by atoms with Crippen molar-refractivity contribution in [1.82, 2.24) is 23.7 Å².